The molecule has 14 nitrogen and oxygen atoms in total. The first-order chi connectivity index (χ1) is 16.0. The van der Waals surface area contributed by atoms with Crippen LogP contribution in [0.1, 0.15) is 38.8 Å². The lowest BCUT2D eigenvalue weighted by Gasteiger charge is -2.22. The zero-order valence-electron chi connectivity index (χ0n) is 19.4. The Morgan fingerprint density at radius 2 is 1.85 bits per heavy atom. The van der Waals surface area contributed by atoms with Gasteiger partial charge in [-0.25, -0.2) is 9.78 Å². The number of hydrogen-bond acceptors (Lipinski definition) is 7. The third-order valence-electron chi connectivity index (χ3n) is 4.68. The molecule has 0 aromatic carbocycles. The number of nitrogens with two attached hydrogens (primary N) is 3. The van der Waals surface area contributed by atoms with Crippen LogP contribution in [-0.2, 0) is 25.6 Å². The van der Waals surface area contributed by atoms with Gasteiger partial charge < -0.3 is 43.2 Å². The van der Waals surface area contributed by atoms with E-state index in [0.717, 1.165) is 0 Å². The van der Waals surface area contributed by atoms with Crippen LogP contribution in [0.5, 0.6) is 0 Å². The summed E-state index contributed by atoms with van der Waals surface area (Å²) in [5.41, 5.74) is 16.9. The number of nitrogens with one attached hydrogen (secondary N) is 4. The number of guanidine groups is 1. The van der Waals surface area contributed by atoms with Gasteiger partial charge in [0.05, 0.1) is 18.9 Å². The molecule has 0 fully saturated rings. The highest BCUT2D eigenvalue weighted by atomic mass is 16.4. The minimum absolute atomic E-state index is 0.00211. The molecule has 1 rings (SSSR count). The number of aliphatic carboxylic acids is 1. The number of rotatable bonds is 15. The Bertz CT molecular complexity index is 837. The second-order valence-electron chi connectivity index (χ2n) is 8.20. The maximum absolute atomic E-state index is 12.6. The molecule has 0 saturated heterocycles. The molecule has 1 aromatic heterocycles. The topological polar surface area (TPSA) is 244 Å². The number of carbonyl (C=O) groups excluding carboxylic acids is 3. The lowest BCUT2D eigenvalue weighted by atomic mass is 10.0. The molecule has 190 valence electrons. The van der Waals surface area contributed by atoms with Crippen molar-refractivity contribution < 1.29 is 24.3 Å². The van der Waals surface area contributed by atoms with Gasteiger partial charge in [-0.2, -0.15) is 0 Å². The van der Waals surface area contributed by atoms with Gasteiger partial charge in [0.15, 0.2) is 5.96 Å². The van der Waals surface area contributed by atoms with Crippen molar-refractivity contribution in [1.29, 1.82) is 0 Å². The van der Waals surface area contributed by atoms with Gasteiger partial charge in [0.25, 0.3) is 0 Å². The Balaban J connectivity index is 2.59. The molecule has 11 N–H and O–H groups in total. The van der Waals surface area contributed by atoms with E-state index in [4.69, 9.17) is 17.2 Å². The Hall–Kier alpha value is -3.68. The van der Waals surface area contributed by atoms with Gasteiger partial charge in [-0.05, 0) is 25.2 Å². The molecule has 14 heteroatoms. The summed E-state index contributed by atoms with van der Waals surface area (Å²) in [5, 5.41) is 16.7. The minimum Gasteiger partial charge on any atom is -0.480 e. The third-order valence-corrected chi connectivity index (χ3v) is 4.68. The predicted molar refractivity (Wildman–Crippen MR) is 124 cm³/mol. The van der Waals surface area contributed by atoms with Crippen LogP contribution in [0.25, 0.3) is 0 Å². The highest BCUT2D eigenvalue weighted by molar-refractivity contribution is 5.92. The summed E-state index contributed by atoms with van der Waals surface area (Å²) < 4.78 is 0. The fourth-order valence-electron chi connectivity index (χ4n) is 2.98. The Morgan fingerprint density at radius 3 is 2.41 bits per heavy atom. The number of carboxylic acids is 1. The van der Waals surface area contributed by atoms with Crippen molar-refractivity contribution in [3.8, 4) is 0 Å². The van der Waals surface area contributed by atoms with Crippen molar-refractivity contribution in [2.24, 2.45) is 28.1 Å². The van der Waals surface area contributed by atoms with E-state index in [0.29, 0.717) is 31.5 Å². The molecule has 3 unspecified atom stereocenters. The van der Waals surface area contributed by atoms with Crippen LogP contribution in [0.2, 0.25) is 0 Å². The van der Waals surface area contributed by atoms with E-state index in [-0.39, 0.29) is 18.3 Å². The SMILES string of the molecule is CC(C)CC(NC(=O)C(N)CCCN=C(N)N)C(=O)NCC(=O)NC(Cc1cnc[nH]1)C(=O)O. The van der Waals surface area contributed by atoms with Crippen LogP contribution in [0.3, 0.4) is 0 Å². The summed E-state index contributed by atoms with van der Waals surface area (Å²) in [7, 11) is 0. The zero-order chi connectivity index (χ0) is 25.7. The standard InChI is InChI=1S/C20H35N9O5/c1-11(2)6-14(29-17(31)13(21)4-3-5-25-20(22)23)18(32)26-9-16(30)28-15(19(33)34)7-12-8-24-10-27-12/h8,10-11,13-15H,3-7,9,21H2,1-2H3,(H,24,27)(H,26,32)(H,28,30)(H,29,31)(H,33,34)(H4,22,23,25). The van der Waals surface area contributed by atoms with Crippen molar-refractivity contribution in [1.82, 2.24) is 25.9 Å². The van der Waals surface area contributed by atoms with Crippen molar-refractivity contribution in [3.63, 3.8) is 0 Å². The van der Waals surface area contributed by atoms with Crippen LogP contribution < -0.4 is 33.2 Å². The largest absolute Gasteiger partial charge is 0.480 e. The molecule has 0 aliphatic rings. The highest BCUT2D eigenvalue weighted by Gasteiger charge is 2.26. The van der Waals surface area contributed by atoms with Gasteiger partial charge in [0, 0.05) is 24.9 Å². The average Bonchev–Trinajstić information content (AvgIpc) is 3.26. The summed E-state index contributed by atoms with van der Waals surface area (Å²) in [4.78, 5) is 59.1. The molecule has 1 heterocycles. The Kier molecular flexibility index (Phi) is 12.1. The number of carboxylic acid groups (broad SMARTS) is 1. The van der Waals surface area contributed by atoms with E-state index in [1.54, 1.807) is 0 Å². The van der Waals surface area contributed by atoms with Crippen LogP contribution >= 0.6 is 0 Å². The van der Waals surface area contributed by atoms with Crippen molar-refractivity contribution in [2.45, 2.75) is 57.7 Å². The predicted octanol–water partition coefficient (Wildman–Crippen LogP) is -2.45. The summed E-state index contributed by atoms with van der Waals surface area (Å²) in [5.74, 6) is -2.99. The molecule has 3 atom stereocenters. The minimum atomic E-state index is -1.23. The maximum atomic E-state index is 12.6. The molecular formula is C20H35N9O5. The Morgan fingerprint density at radius 1 is 1.15 bits per heavy atom. The zero-order valence-corrected chi connectivity index (χ0v) is 19.4. The molecule has 0 spiro atoms. The summed E-state index contributed by atoms with van der Waals surface area (Å²) in [6.45, 7) is 3.62. The van der Waals surface area contributed by atoms with Gasteiger partial charge in [-0.1, -0.05) is 13.8 Å². The second kappa shape index (κ2) is 14.5. The van der Waals surface area contributed by atoms with Crippen LogP contribution in [0.15, 0.2) is 17.5 Å². The second-order valence-corrected chi connectivity index (χ2v) is 8.20. The summed E-state index contributed by atoms with van der Waals surface area (Å²) >= 11 is 0. The molecule has 0 bridgehead atoms. The van der Waals surface area contributed by atoms with Gasteiger partial charge in [0.2, 0.25) is 17.7 Å². The number of H-pyrrole nitrogens is 1. The van der Waals surface area contributed by atoms with Crippen molar-refractivity contribution in [3.05, 3.63) is 18.2 Å². The van der Waals surface area contributed by atoms with E-state index < -0.39 is 48.4 Å². The lowest BCUT2D eigenvalue weighted by Crippen LogP contribution is -2.54. The monoisotopic (exact) mass is 481 g/mol. The summed E-state index contributed by atoms with van der Waals surface area (Å²) in [6.07, 6.45) is 3.97. The molecule has 1 aromatic rings. The van der Waals surface area contributed by atoms with E-state index in [1.165, 1.54) is 12.5 Å². The number of aromatic amines is 1. The first-order valence-electron chi connectivity index (χ1n) is 10.9. The fraction of sp³-hybridized carbons (Fsp3) is 0.600. The quantitative estimate of drug-likeness (QED) is 0.0751. The molecule has 0 radical (unpaired) electrons. The molecule has 0 saturated carbocycles. The molecule has 0 aliphatic heterocycles. The van der Waals surface area contributed by atoms with Gasteiger partial charge in [-0.15, -0.1) is 0 Å². The number of hydrogen-bond donors (Lipinski definition) is 8. The number of carbonyl (C=O) groups is 4. The molecule has 3 amide bonds. The van der Waals surface area contributed by atoms with Crippen LogP contribution in [0, 0.1) is 5.92 Å². The van der Waals surface area contributed by atoms with Crippen molar-refractivity contribution >= 4 is 29.7 Å². The number of imidazole rings is 1. The highest BCUT2D eigenvalue weighted by Crippen LogP contribution is 2.06. The Labute approximate surface area is 197 Å². The first-order valence-corrected chi connectivity index (χ1v) is 10.9. The fourth-order valence-corrected chi connectivity index (χ4v) is 2.98. The lowest BCUT2D eigenvalue weighted by molar-refractivity contribution is -0.141. The van der Waals surface area contributed by atoms with E-state index >= 15 is 0 Å². The third kappa shape index (κ3) is 11.3. The average molecular weight is 482 g/mol. The normalized spacial score (nSPS) is 13.4. The molecule has 0 aliphatic carbocycles. The molecular weight excluding hydrogens is 446 g/mol. The van der Waals surface area contributed by atoms with E-state index in [9.17, 15) is 24.3 Å². The van der Waals surface area contributed by atoms with Crippen LogP contribution in [0.4, 0.5) is 0 Å². The van der Waals surface area contributed by atoms with Gasteiger partial charge >= 0.3 is 5.97 Å². The molecule has 34 heavy (non-hydrogen) atoms. The number of aromatic nitrogens is 2. The van der Waals surface area contributed by atoms with Crippen molar-refractivity contribution in [2.75, 3.05) is 13.1 Å². The van der Waals surface area contributed by atoms with E-state index in [1.807, 2.05) is 13.8 Å². The van der Waals surface area contributed by atoms with Gasteiger partial charge in [0.1, 0.15) is 12.1 Å². The number of nitrogens with zero attached hydrogens (tertiary/aromatic N) is 2. The maximum Gasteiger partial charge on any atom is 0.326 e. The number of aliphatic imine (C=N–C) groups is 1. The van der Waals surface area contributed by atoms with Crippen LogP contribution in [-0.4, -0.2) is 75.9 Å². The number of amides is 3. The van der Waals surface area contributed by atoms with Gasteiger partial charge in [-0.3, -0.25) is 19.4 Å². The summed E-state index contributed by atoms with van der Waals surface area (Å²) in [6, 6.07) is -2.98. The van der Waals surface area contributed by atoms with E-state index in [2.05, 4.69) is 30.9 Å². The first kappa shape index (κ1) is 28.4. The smallest absolute Gasteiger partial charge is 0.326 e.